The van der Waals surface area contributed by atoms with Crippen LogP contribution in [0.2, 0.25) is 0 Å². The number of benzene rings is 1. The number of thiophene rings is 1. The first-order valence-corrected chi connectivity index (χ1v) is 7.90. The maximum absolute atomic E-state index is 13.2. The number of hydrogen-bond donors (Lipinski definition) is 2. The molecule has 23 heavy (non-hydrogen) atoms. The monoisotopic (exact) mass is 343 g/mol. The molecule has 1 amide bonds. The highest BCUT2D eigenvalue weighted by molar-refractivity contribution is 7.07. The maximum Gasteiger partial charge on any atom is 0.396 e. The second-order valence-corrected chi connectivity index (χ2v) is 5.87. The molecule has 2 aromatic rings. The van der Waals surface area contributed by atoms with Crippen LogP contribution in [0.1, 0.15) is 29.6 Å². The number of hydrogen-bond acceptors (Lipinski definition) is 3. The zero-order chi connectivity index (χ0) is 16.9. The van der Waals surface area contributed by atoms with Crippen LogP contribution in [0, 0.1) is 0 Å². The van der Waals surface area contributed by atoms with Gasteiger partial charge in [0, 0.05) is 13.0 Å². The van der Waals surface area contributed by atoms with Gasteiger partial charge in [-0.1, -0.05) is 30.3 Å². The molecule has 7 heteroatoms. The summed E-state index contributed by atoms with van der Waals surface area (Å²) in [7, 11) is 0. The van der Waals surface area contributed by atoms with E-state index in [9.17, 15) is 23.1 Å². The third kappa shape index (κ3) is 5.07. The zero-order valence-corrected chi connectivity index (χ0v) is 12.9. The van der Waals surface area contributed by atoms with Crippen molar-refractivity contribution in [1.29, 1.82) is 0 Å². The summed E-state index contributed by atoms with van der Waals surface area (Å²) in [4.78, 5) is 11.8. The fourth-order valence-electron chi connectivity index (χ4n) is 2.16. The number of halogens is 3. The van der Waals surface area contributed by atoms with Crippen molar-refractivity contribution in [3.8, 4) is 0 Å². The minimum absolute atomic E-state index is 0.0496. The van der Waals surface area contributed by atoms with Crippen molar-refractivity contribution < 1.29 is 23.1 Å². The van der Waals surface area contributed by atoms with E-state index in [-0.39, 0.29) is 12.1 Å². The van der Waals surface area contributed by atoms with Gasteiger partial charge in [0.15, 0.2) is 0 Å². The fourth-order valence-corrected chi connectivity index (χ4v) is 2.87. The number of aliphatic hydroxyl groups is 1. The highest BCUT2D eigenvalue weighted by Crippen LogP contribution is 2.37. The molecule has 2 N–H and O–H groups in total. The highest BCUT2D eigenvalue weighted by atomic mass is 32.1. The van der Waals surface area contributed by atoms with Crippen molar-refractivity contribution in [3.63, 3.8) is 0 Å². The van der Waals surface area contributed by atoms with Gasteiger partial charge < -0.3 is 10.4 Å². The molecule has 0 radical (unpaired) electrons. The number of alkyl halides is 3. The first-order chi connectivity index (χ1) is 10.9. The lowest BCUT2D eigenvalue weighted by atomic mass is 9.95. The Bertz CT molecular complexity index is 614. The predicted octanol–water partition coefficient (Wildman–Crippen LogP) is 3.63. The molecular formula is C16H16F3NO2S. The number of aliphatic hydroxyl groups excluding tert-OH is 1. The minimum atomic E-state index is -4.51. The van der Waals surface area contributed by atoms with E-state index in [0.29, 0.717) is 5.56 Å². The second-order valence-electron chi connectivity index (χ2n) is 5.09. The van der Waals surface area contributed by atoms with Crippen LogP contribution in [0.4, 0.5) is 13.2 Å². The van der Waals surface area contributed by atoms with E-state index in [1.54, 1.807) is 22.9 Å². The molecule has 0 spiro atoms. The van der Waals surface area contributed by atoms with Crippen LogP contribution in [-0.4, -0.2) is 23.7 Å². The summed E-state index contributed by atoms with van der Waals surface area (Å²) in [6.45, 7) is -0.116. The van der Waals surface area contributed by atoms with Crippen LogP contribution in [0.15, 0.2) is 47.2 Å². The molecule has 0 bridgehead atoms. The third-order valence-corrected chi connectivity index (χ3v) is 4.11. The van der Waals surface area contributed by atoms with E-state index in [2.05, 4.69) is 5.32 Å². The van der Waals surface area contributed by atoms with E-state index in [1.807, 2.05) is 0 Å². The summed E-state index contributed by atoms with van der Waals surface area (Å²) in [5, 5.41) is 15.7. The smallest absolute Gasteiger partial charge is 0.387 e. The number of nitrogens with one attached hydrogen (secondary N) is 1. The largest absolute Gasteiger partial charge is 0.396 e. The van der Waals surface area contributed by atoms with Crippen molar-refractivity contribution in [1.82, 2.24) is 5.32 Å². The van der Waals surface area contributed by atoms with Crippen molar-refractivity contribution in [2.75, 3.05) is 6.54 Å². The topological polar surface area (TPSA) is 49.3 Å². The van der Waals surface area contributed by atoms with Crippen LogP contribution >= 0.6 is 11.3 Å². The molecule has 1 aromatic carbocycles. The van der Waals surface area contributed by atoms with Crippen molar-refractivity contribution in [2.24, 2.45) is 0 Å². The Morgan fingerprint density at radius 1 is 1.17 bits per heavy atom. The lowest BCUT2D eigenvalue weighted by Crippen LogP contribution is -2.32. The maximum atomic E-state index is 13.2. The Labute approximate surface area is 135 Å². The van der Waals surface area contributed by atoms with Crippen molar-refractivity contribution in [3.05, 3.63) is 58.3 Å². The molecule has 0 aliphatic rings. The molecule has 0 saturated carbocycles. The average molecular weight is 343 g/mol. The number of amides is 1. The molecule has 0 aliphatic carbocycles. The summed E-state index contributed by atoms with van der Waals surface area (Å²) in [6.07, 6.45) is -6.14. The van der Waals surface area contributed by atoms with E-state index in [4.69, 9.17) is 0 Å². The molecule has 1 heterocycles. The van der Waals surface area contributed by atoms with Gasteiger partial charge in [0.05, 0.1) is 12.0 Å². The van der Waals surface area contributed by atoms with Crippen LogP contribution in [0.25, 0.3) is 0 Å². The van der Waals surface area contributed by atoms with Crippen molar-refractivity contribution >= 4 is 17.2 Å². The second kappa shape index (κ2) is 7.61. The quantitative estimate of drug-likeness (QED) is 0.841. The summed E-state index contributed by atoms with van der Waals surface area (Å²) in [5.74, 6) is -2.60. The molecule has 124 valence electrons. The van der Waals surface area contributed by atoms with Gasteiger partial charge in [-0.25, -0.2) is 0 Å². The van der Waals surface area contributed by atoms with Crippen LogP contribution in [0.3, 0.4) is 0 Å². The van der Waals surface area contributed by atoms with Crippen LogP contribution in [-0.2, 0) is 4.79 Å². The Hall–Kier alpha value is -1.86. The number of carbonyl (C=O) groups is 1. The lowest BCUT2D eigenvalue weighted by molar-refractivity contribution is -0.157. The van der Waals surface area contributed by atoms with E-state index in [0.717, 1.165) is 0 Å². The fraction of sp³-hybridized carbons (Fsp3) is 0.312. The number of rotatable bonds is 6. The summed E-state index contributed by atoms with van der Waals surface area (Å²) in [5.41, 5.74) is 0.680. The standard InChI is InChI=1S/C16H16F3NO2S/c17-16(18,19)13(11-4-2-1-3-5-11)8-15(22)20-9-14(21)12-6-7-23-10-12/h1-7,10,13-14,21H,8-9H2,(H,20,22). The molecule has 0 saturated heterocycles. The molecule has 1 aromatic heterocycles. The Morgan fingerprint density at radius 2 is 1.87 bits per heavy atom. The Kier molecular flexibility index (Phi) is 5.79. The summed E-state index contributed by atoms with van der Waals surface area (Å²) >= 11 is 1.39. The molecular weight excluding hydrogens is 327 g/mol. The average Bonchev–Trinajstić information content (AvgIpc) is 3.04. The zero-order valence-electron chi connectivity index (χ0n) is 12.1. The first kappa shape index (κ1) is 17.5. The van der Waals surface area contributed by atoms with Gasteiger partial charge >= 0.3 is 6.18 Å². The summed E-state index contributed by atoms with van der Waals surface area (Å²) in [6, 6.07) is 9.04. The van der Waals surface area contributed by atoms with Gasteiger partial charge in [-0.3, -0.25) is 4.79 Å². The van der Waals surface area contributed by atoms with E-state index < -0.39 is 30.5 Å². The number of carbonyl (C=O) groups excluding carboxylic acids is 1. The van der Waals surface area contributed by atoms with Gasteiger partial charge in [0.25, 0.3) is 0 Å². The predicted molar refractivity (Wildman–Crippen MR) is 82.1 cm³/mol. The normalized spacial score (nSPS) is 14.3. The SMILES string of the molecule is O=C(CC(c1ccccc1)C(F)(F)F)NCC(O)c1ccsc1. The highest BCUT2D eigenvalue weighted by Gasteiger charge is 2.41. The molecule has 2 rings (SSSR count). The third-order valence-electron chi connectivity index (χ3n) is 3.41. The van der Waals surface area contributed by atoms with E-state index >= 15 is 0 Å². The molecule has 3 nitrogen and oxygen atoms in total. The van der Waals surface area contributed by atoms with Crippen LogP contribution in [0.5, 0.6) is 0 Å². The molecule has 0 aliphatic heterocycles. The van der Waals surface area contributed by atoms with Gasteiger partial charge in [-0.2, -0.15) is 24.5 Å². The lowest BCUT2D eigenvalue weighted by Gasteiger charge is -2.20. The molecule has 2 unspecified atom stereocenters. The first-order valence-electron chi connectivity index (χ1n) is 6.96. The van der Waals surface area contributed by atoms with Gasteiger partial charge in [0.1, 0.15) is 0 Å². The van der Waals surface area contributed by atoms with Crippen molar-refractivity contribution in [2.45, 2.75) is 24.6 Å². The summed E-state index contributed by atoms with van der Waals surface area (Å²) < 4.78 is 39.5. The van der Waals surface area contributed by atoms with Gasteiger partial charge in [-0.15, -0.1) is 0 Å². The van der Waals surface area contributed by atoms with E-state index in [1.165, 1.54) is 35.6 Å². The van der Waals surface area contributed by atoms with Gasteiger partial charge in [-0.05, 0) is 28.0 Å². The van der Waals surface area contributed by atoms with Gasteiger partial charge in [0.2, 0.25) is 5.91 Å². The Balaban J connectivity index is 1.96. The Morgan fingerprint density at radius 3 is 2.43 bits per heavy atom. The molecule has 2 atom stereocenters. The minimum Gasteiger partial charge on any atom is -0.387 e. The molecule has 0 fully saturated rings. The van der Waals surface area contributed by atoms with Crippen LogP contribution < -0.4 is 5.32 Å².